The maximum Gasteiger partial charge on any atom is 0.260 e. The molecule has 0 saturated heterocycles. The molecular weight excluding hydrogens is 317 g/mol. The highest BCUT2D eigenvalue weighted by molar-refractivity contribution is 6.33. The molecule has 1 atom stereocenters. The van der Waals surface area contributed by atoms with Crippen LogP contribution >= 0.6 is 11.6 Å². The lowest BCUT2D eigenvalue weighted by molar-refractivity contribution is 0.102. The molecule has 0 radical (unpaired) electrons. The van der Waals surface area contributed by atoms with Crippen molar-refractivity contribution in [1.29, 1.82) is 0 Å². The number of rotatable bonds is 5. The molecule has 23 heavy (non-hydrogen) atoms. The van der Waals surface area contributed by atoms with E-state index in [1.807, 2.05) is 6.92 Å². The van der Waals surface area contributed by atoms with E-state index < -0.39 is 0 Å². The summed E-state index contributed by atoms with van der Waals surface area (Å²) < 4.78 is 15.1. The Labute approximate surface area is 140 Å². The quantitative estimate of drug-likeness (QED) is 0.865. The van der Waals surface area contributed by atoms with Crippen LogP contribution < -0.4 is 5.32 Å². The Kier molecular flexibility index (Phi) is 5.42. The molecule has 1 heterocycles. The zero-order chi connectivity index (χ0) is 17.1. The molecular formula is C17H21ClFN3O. The highest BCUT2D eigenvalue weighted by Gasteiger charge is 2.18. The Morgan fingerprint density at radius 1 is 1.39 bits per heavy atom. The molecule has 2 rings (SSSR count). The number of anilines is 1. The van der Waals surface area contributed by atoms with E-state index in [0.717, 1.165) is 12.0 Å². The third-order valence-electron chi connectivity index (χ3n) is 3.65. The topological polar surface area (TPSA) is 46.9 Å². The van der Waals surface area contributed by atoms with E-state index >= 15 is 0 Å². The predicted octanol–water partition coefficient (Wildman–Crippen LogP) is 4.61. The summed E-state index contributed by atoms with van der Waals surface area (Å²) in [6.45, 7) is 6.26. The summed E-state index contributed by atoms with van der Waals surface area (Å²) in [5, 5.41) is 6.91. The smallest absolute Gasteiger partial charge is 0.260 e. The van der Waals surface area contributed by atoms with Crippen molar-refractivity contribution in [2.75, 3.05) is 5.32 Å². The van der Waals surface area contributed by atoms with Gasteiger partial charge in [-0.05, 0) is 42.0 Å². The van der Waals surface area contributed by atoms with Crippen molar-refractivity contribution in [3.63, 3.8) is 0 Å². The second-order valence-corrected chi connectivity index (χ2v) is 6.58. The van der Waals surface area contributed by atoms with E-state index in [1.165, 1.54) is 16.8 Å². The number of halogens is 2. The van der Waals surface area contributed by atoms with Gasteiger partial charge >= 0.3 is 0 Å². The Bertz CT molecular complexity index is 712. The molecule has 0 aliphatic rings. The van der Waals surface area contributed by atoms with E-state index in [4.69, 9.17) is 11.6 Å². The van der Waals surface area contributed by atoms with Gasteiger partial charge in [0.05, 0.1) is 5.56 Å². The predicted molar refractivity (Wildman–Crippen MR) is 90.4 cm³/mol. The van der Waals surface area contributed by atoms with Crippen molar-refractivity contribution < 1.29 is 9.18 Å². The minimum atomic E-state index is -0.354. The second kappa shape index (κ2) is 7.13. The largest absolute Gasteiger partial charge is 0.322 e. The monoisotopic (exact) mass is 337 g/mol. The highest BCUT2D eigenvalue weighted by Crippen LogP contribution is 2.30. The fourth-order valence-electron chi connectivity index (χ4n) is 2.69. The minimum absolute atomic E-state index is 0.130. The lowest BCUT2D eigenvalue weighted by Crippen LogP contribution is -2.14. The van der Waals surface area contributed by atoms with Crippen LogP contribution in [0.2, 0.25) is 5.15 Å². The first-order valence-corrected chi connectivity index (χ1v) is 7.95. The van der Waals surface area contributed by atoms with Gasteiger partial charge in [-0.15, -0.1) is 0 Å². The summed E-state index contributed by atoms with van der Waals surface area (Å²) in [6, 6.07) is 4.41. The van der Waals surface area contributed by atoms with Crippen LogP contribution in [0, 0.1) is 11.7 Å². The van der Waals surface area contributed by atoms with Crippen molar-refractivity contribution in [2.45, 2.75) is 33.1 Å². The zero-order valence-corrected chi connectivity index (χ0v) is 14.5. The van der Waals surface area contributed by atoms with Crippen LogP contribution in [0.5, 0.6) is 0 Å². The summed E-state index contributed by atoms with van der Waals surface area (Å²) in [4.78, 5) is 12.4. The number of hydrogen-bond acceptors (Lipinski definition) is 2. The SMILES string of the molecule is CC(C)CC(C)c1cc(F)ccc1NC(=O)c1cn(C)nc1Cl. The van der Waals surface area contributed by atoms with Gasteiger partial charge in [-0.1, -0.05) is 32.4 Å². The molecule has 1 aromatic carbocycles. The molecule has 1 unspecified atom stereocenters. The van der Waals surface area contributed by atoms with Crippen molar-refractivity contribution in [2.24, 2.45) is 13.0 Å². The Hall–Kier alpha value is -1.88. The van der Waals surface area contributed by atoms with Crippen LogP contribution in [-0.4, -0.2) is 15.7 Å². The summed E-state index contributed by atoms with van der Waals surface area (Å²) in [5.74, 6) is -0.0596. The van der Waals surface area contributed by atoms with Gasteiger partial charge < -0.3 is 5.32 Å². The Morgan fingerprint density at radius 2 is 2.09 bits per heavy atom. The van der Waals surface area contributed by atoms with E-state index in [2.05, 4.69) is 24.3 Å². The molecule has 0 fully saturated rings. The van der Waals surface area contributed by atoms with Crippen molar-refractivity contribution in [3.8, 4) is 0 Å². The first kappa shape index (κ1) is 17.5. The normalized spacial score (nSPS) is 12.5. The van der Waals surface area contributed by atoms with E-state index in [-0.39, 0.29) is 22.8 Å². The van der Waals surface area contributed by atoms with Crippen molar-refractivity contribution in [3.05, 3.63) is 46.5 Å². The number of carbonyl (C=O) groups is 1. The van der Waals surface area contributed by atoms with E-state index in [1.54, 1.807) is 19.3 Å². The Morgan fingerprint density at radius 3 is 2.65 bits per heavy atom. The van der Waals surface area contributed by atoms with Gasteiger partial charge in [0.25, 0.3) is 5.91 Å². The average molecular weight is 338 g/mol. The molecule has 0 aliphatic heterocycles. The van der Waals surface area contributed by atoms with Gasteiger partial charge in [0, 0.05) is 18.9 Å². The summed E-state index contributed by atoms with van der Waals surface area (Å²) in [6.07, 6.45) is 2.46. The van der Waals surface area contributed by atoms with Crippen LogP contribution in [0.3, 0.4) is 0 Å². The molecule has 0 aliphatic carbocycles. The van der Waals surface area contributed by atoms with Crippen molar-refractivity contribution in [1.82, 2.24) is 9.78 Å². The number of hydrogen-bond donors (Lipinski definition) is 1. The number of aryl methyl sites for hydroxylation is 1. The molecule has 1 amide bonds. The number of benzene rings is 1. The fourth-order valence-corrected chi connectivity index (χ4v) is 2.95. The van der Waals surface area contributed by atoms with Gasteiger partial charge in [0.2, 0.25) is 0 Å². The molecule has 4 nitrogen and oxygen atoms in total. The number of nitrogens with zero attached hydrogens (tertiary/aromatic N) is 2. The molecule has 6 heteroatoms. The molecule has 0 saturated carbocycles. The fraction of sp³-hybridized carbons (Fsp3) is 0.412. The zero-order valence-electron chi connectivity index (χ0n) is 13.7. The van der Waals surface area contributed by atoms with Gasteiger partial charge in [-0.25, -0.2) is 4.39 Å². The van der Waals surface area contributed by atoms with Crippen LogP contribution in [0.15, 0.2) is 24.4 Å². The van der Waals surface area contributed by atoms with Gasteiger partial charge in [-0.3, -0.25) is 9.48 Å². The molecule has 0 bridgehead atoms. The third kappa shape index (κ3) is 4.32. The van der Waals surface area contributed by atoms with Crippen molar-refractivity contribution >= 4 is 23.2 Å². The molecule has 124 valence electrons. The minimum Gasteiger partial charge on any atom is -0.322 e. The molecule has 1 aromatic heterocycles. The van der Waals surface area contributed by atoms with E-state index in [9.17, 15) is 9.18 Å². The maximum absolute atomic E-state index is 13.6. The summed E-state index contributed by atoms with van der Waals surface area (Å²) >= 11 is 5.95. The van der Waals surface area contributed by atoms with Crippen LogP contribution in [0.25, 0.3) is 0 Å². The standard InChI is InChI=1S/C17H21ClFN3O/c1-10(2)7-11(3)13-8-12(19)5-6-15(13)20-17(23)14-9-22(4)21-16(14)18/h5-6,8-11H,7H2,1-4H3,(H,20,23). The van der Waals surface area contributed by atoms with Gasteiger partial charge in [0.15, 0.2) is 5.15 Å². The van der Waals surface area contributed by atoms with E-state index in [0.29, 0.717) is 17.2 Å². The number of carbonyl (C=O) groups excluding carboxylic acids is 1. The second-order valence-electron chi connectivity index (χ2n) is 6.22. The number of aromatic nitrogens is 2. The van der Waals surface area contributed by atoms with Crippen LogP contribution in [0.4, 0.5) is 10.1 Å². The molecule has 2 aromatic rings. The third-order valence-corrected chi connectivity index (χ3v) is 3.93. The van der Waals surface area contributed by atoms with Crippen LogP contribution in [0.1, 0.15) is 49.0 Å². The molecule has 1 N–H and O–H groups in total. The van der Waals surface area contributed by atoms with Crippen LogP contribution in [-0.2, 0) is 7.05 Å². The summed E-state index contributed by atoms with van der Waals surface area (Å²) in [5.41, 5.74) is 1.68. The Balaban J connectivity index is 2.29. The van der Waals surface area contributed by atoms with Gasteiger partial charge in [0.1, 0.15) is 5.82 Å². The van der Waals surface area contributed by atoms with Gasteiger partial charge in [-0.2, -0.15) is 5.10 Å². The summed E-state index contributed by atoms with van der Waals surface area (Å²) in [7, 11) is 1.69. The lowest BCUT2D eigenvalue weighted by atomic mass is 9.90. The highest BCUT2D eigenvalue weighted by atomic mass is 35.5. The number of nitrogens with one attached hydrogen (secondary N) is 1. The molecule has 0 spiro atoms. The first-order chi connectivity index (χ1) is 10.8. The maximum atomic E-state index is 13.6. The average Bonchev–Trinajstić information content (AvgIpc) is 2.79. The lowest BCUT2D eigenvalue weighted by Gasteiger charge is -2.19. The number of amides is 1. The first-order valence-electron chi connectivity index (χ1n) is 7.58.